The zero-order valence-corrected chi connectivity index (χ0v) is 8.43. The highest BCUT2D eigenvalue weighted by atomic mass is 15.1. The number of hydrogen-bond donors (Lipinski definition) is 1. The lowest BCUT2D eigenvalue weighted by atomic mass is 9.77. The Morgan fingerprint density at radius 3 is 3.00 bits per heavy atom. The van der Waals surface area contributed by atoms with Crippen LogP contribution in [0, 0.1) is 0 Å². The Morgan fingerprint density at radius 2 is 2.27 bits per heavy atom. The number of rotatable bonds is 2. The van der Waals surface area contributed by atoms with Crippen molar-refractivity contribution in [3.63, 3.8) is 0 Å². The van der Waals surface area contributed by atoms with Gasteiger partial charge >= 0.3 is 0 Å². The molecule has 2 N–H and O–H groups in total. The molecule has 1 atom stereocenters. The molecule has 1 aliphatic carbocycles. The normalized spacial score (nSPS) is 18.3. The summed E-state index contributed by atoms with van der Waals surface area (Å²) in [5, 5.41) is 0. The number of nitrogens with zero attached hydrogens (tertiary/aromatic N) is 2. The third kappa shape index (κ3) is 1.31. The Hall–Kier alpha value is -1.77. The fourth-order valence-corrected chi connectivity index (χ4v) is 2.26. The molecule has 0 spiro atoms. The summed E-state index contributed by atoms with van der Waals surface area (Å²) in [4.78, 5) is 4.02. The van der Waals surface area contributed by atoms with E-state index in [1.54, 1.807) is 6.20 Å². The first-order chi connectivity index (χ1) is 7.34. The van der Waals surface area contributed by atoms with Crippen LogP contribution in [0.5, 0.6) is 0 Å². The van der Waals surface area contributed by atoms with Gasteiger partial charge in [-0.1, -0.05) is 24.3 Å². The number of benzene rings is 1. The van der Waals surface area contributed by atoms with Gasteiger partial charge in [-0.3, -0.25) is 0 Å². The van der Waals surface area contributed by atoms with Gasteiger partial charge in [-0.15, -0.1) is 0 Å². The molecule has 3 heteroatoms. The van der Waals surface area contributed by atoms with Crippen LogP contribution >= 0.6 is 0 Å². The van der Waals surface area contributed by atoms with Crippen LogP contribution in [0.25, 0.3) is 0 Å². The standard InChI is InChI=1S/C12H13N3/c13-12-14-5-6-15(12)8-10-7-9-3-1-2-4-11(9)10/h1-6,10H,7-8H2,(H2,13,14). The molecule has 0 bridgehead atoms. The molecule has 3 nitrogen and oxygen atoms in total. The second-order valence-corrected chi connectivity index (χ2v) is 4.04. The summed E-state index contributed by atoms with van der Waals surface area (Å²) in [6, 6.07) is 8.60. The Balaban J connectivity index is 1.81. The van der Waals surface area contributed by atoms with Crippen LogP contribution in [0.3, 0.4) is 0 Å². The van der Waals surface area contributed by atoms with Gasteiger partial charge in [0, 0.05) is 24.9 Å². The SMILES string of the molecule is Nc1nccn1CC1Cc2ccccc21. The van der Waals surface area contributed by atoms with Crippen LogP contribution in [0.15, 0.2) is 36.7 Å². The van der Waals surface area contributed by atoms with Crippen molar-refractivity contribution in [3.8, 4) is 0 Å². The van der Waals surface area contributed by atoms with E-state index in [1.165, 1.54) is 11.1 Å². The van der Waals surface area contributed by atoms with E-state index < -0.39 is 0 Å². The Labute approximate surface area is 88.6 Å². The van der Waals surface area contributed by atoms with Crippen LogP contribution in [-0.2, 0) is 13.0 Å². The van der Waals surface area contributed by atoms with Gasteiger partial charge in [-0.05, 0) is 17.5 Å². The Kier molecular flexibility index (Phi) is 1.78. The van der Waals surface area contributed by atoms with Crippen LogP contribution in [0.2, 0.25) is 0 Å². The number of nitrogens with two attached hydrogens (primary N) is 1. The maximum atomic E-state index is 5.74. The average molecular weight is 199 g/mol. The summed E-state index contributed by atoms with van der Waals surface area (Å²) in [7, 11) is 0. The van der Waals surface area contributed by atoms with Gasteiger partial charge < -0.3 is 10.3 Å². The molecule has 0 amide bonds. The quantitative estimate of drug-likeness (QED) is 0.801. The Bertz CT molecular complexity index is 487. The molecule has 3 rings (SSSR count). The van der Waals surface area contributed by atoms with Gasteiger partial charge in [0.25, 0.3) is 0 Å². The van der Waals surface area contributed by atoms with E-state index in [0.29, 0.717) is 11.9 Å². The van der Waals surface area contributed by atoms with Gasteiger partial charge in [0.15, 0.2) is 5.95 Å². The summed E-state index contributed by atoms with van der Waals surface area (Å²) < 4.78 is 2.01. The summed E-state index contributed by atoms with van der Waals surface area (Å²) in [5.74, 6) is 1.22. The minimum Gasteiger partial charge on any atom is -0.369 e. The maximum Gasteiger partial charge on any atom is 0.200 e. The van der Waals surface area contributed by atoms with Crippen LogP contribution in [0.1, 0.15) is 17.0 Å². The molecule has 0 fully saturated rings. The van der Waals surface area contributed by atoms with E-state index >= 15 is 0 Å². The lowest BCUT2D eigenvalue weighted by molar-refractivity contribution is 0.513. The fraction of sp³-hybridized carbons (Fsp3) is 0.250. The van der Waals surface area contributed by atoms with Crippen molar-refractivity contribution in [2.24, 2.45) is 0 Å². The smallest absolute Gasteiger partial charge is 0.200 e. The van der Waals surface area contributed by atoms with E-state index in [0.717, 1.165) is 13.0 Å². The first kappa shape index (κ1) is 8.53. The molecule has 76 valence electrons. The van der Waals surface area contributed by atoms with E-state index in [2.05, 4.69) is 29.2 Å². The van der Waals surface area contributed by atoms with Crippen molar-refractivity contribution in [2.75, 3.05) is 5.73 Å². The van der Waals surface area contributed by atoms with Crippen LogP contribution in [0.4, 0.5) is 5.95 Å². The number of nitrogen functional groups attached to an aromatic ring is 1. The first-order valence-corrected chi connectivity index (χ1v) is 5.19. The van der Waals surface area contributed by atoms with Crippen molar-refractivity contribution < 1.29 is 0 Å². The van der Waals surface area contributed by atoms with E-state index in [4.69, 9.17) is 5.73 Å². The number of fused-ring (bicyclic) bond motifs is 1. The van der Waals surface area contributed by atoms with Crippen molar-refractivity contribution in [1.29, 1.82) is 0 Å². The predicted molar refractivity (Wildman–Crippen MR) is 59.5 cm³/mol. The van der Waals surface area contributed by atoms with Crippen LogP contribution < -0.4 is 5.73 Å². The second-order valence-electron chi connectivity index (χ2n) is 4.04. The lowest BCUT2D eigenvalue weighted by Crippen LogP contribution is -2.22. The third-order valence-electron chi connectivity index (χ3n) is 3.13. The van der Waals surface area contributed by atoms with E-state index in [1.807, 2.05) is 10.8 Å². The van der Waals surface area contributed by atoms with Gasteiger partial charge in [-0.2, -0.15) is 0 Å². The predicted octanol–water partition coefficient (Wildman–Crippen LogP) is 1.81. The molecule has 1 aromatic carbocycles. The zero-order chi connectivity index (χ0) is 10.3. The molecule has 0 radical (unpaired) electrons. The zero-order valence-electron chi connectivity index (χ0n) is 8.43. The Morgan fingerprint density at radius 1 is 1.40 bits per heavy atom. The highest BCUT2D eigenvalue weighted by molar-refractivity contribution is 5.40. The summed E-state index contributed by atoms with van der Waals surface area (Å²) >= 11 is 0. The van der Waals surface area contributed by atoms with E-state index in [-0.39, 0.29) is 0 Å². The monoisotopic (exact) mass is 199 g/mol. The molecule has 1 aromatic heterocycles. The molecule has 0 saturated heterocycles. The van der Waals surface area contributed by atoms with Gasteiger partial charge in [0.2, 0.25) is 0 Å². The third-order valence-corrected chi connectivity index (χ3v) is 3.13. The molecule has 15 heavy (non-hydrogen) atoms. The molecule has 0 aliphatic heterocycles. The van der Waals surface area contributed by atoms with Gasteiger partial charge in [-0.25, -0.2) is 4.98 Å². The number of anilines is 1. The molecule has 0 saturated carbocycles. The van der Waals surface area contributed by atoms with E-state index in [9.17, 15) is 0 Å². The van der Waals surface area contributed by atoms with Crippen molar-refractivity contribution in [1.82, 2.24) is 9.55 Å². The summed E-state index contributed by atoms with van der Waals surface area (Å²) in [6.07, 6.45) is 4.85. The van der Waals surface area contributed by atoms with Gasteiger partial charge in [0.05, 0.1) is 0 Å². The second kappa shape index (κ2) is 3.12. The van der Waals surface area contributed by atoms with Crippen molar-refractivity contribution in [2.45, 2.75) is 18.9 Å². The molecule has 1 aliphatic rings. The van der Waals surface area contributed by atoms with Crippen molar-refractivity contribution >= 4 is 5.95 Å². The average Bonchev–Trinajstić information content (AvgIpc) is 2.61. The molecule has 1 unspecified atom stereocenters. The summed E-state index contributed by atoms with van der Waals surface area (Å²) in [6.45, 7) is 0.947. The highest BCUT2D eigenvalue weighted by Crippen LogP contribution is 2.36. The summed E-state index contributed by atoms with van der Waals surface area (Å²) in [5.41, 5.74) is 8.68. The van der Waals surface area contributed by atoms with Crippen LogP contribution in [-0.4, -0.2) is 9.55 Å². The highest BCUT2D eigenvalue weighted by Gasteiger charge is 2.25. The molecular formula is C12H13N3. The number of imidazole rings is 1. The molecule has 2 aromatic rings. The minimum atomic E-state index is 0.609. The largest absolute Gasteiger partial charge is 0.369 e. The van der Waals surface area contributed by atoms with Gasteiger partial charge in [0.1, 0.15) is 0 Å². The topological polar surface area (TPSA) is 43.8 Å². The maximum absolute atomic E-state index is 5.74. The molecular weight excluding hydrogens is 186 g/mol. The minimum absolute atomic E-state index is 0.609. The molecule has 1 heterocycles. The lowest BCUT2D eigenvalue weighted by Gasteiger charge is -2.30. The number of aromatic nitrogens is 2. The number of hydrogen-bond acceptors (Lipinski definition) is 2. The first-order valence-electron chi connectivity index (χ1n) is 5.19. The fourth-order valence-electron chi connectivity index (χ4n) is 2.26. The van der Waals surface area contributed by atoms with Crippen molar-refractivity contribution in [3.05, 3.63) is 47.8 Å².